The van der Waals surface area contributed by atoms with Crippen LogP contribution in [0.25, 0.3) is 0 Å². The third-order valence-corrected chi connectivity index (χ3v) is 6.92. The fourth-order valence-corrected chi connectivity index (χ4v) is 4.77. The van der Waals surface area contributed by atoms with E-state index in [-0.39, 0.29) is 23.6 Å². The van der Waals surface area contributed by atoms with Crippen molar-refractivity contribution in [2.24, 2.45) is 17.6 Å². The first-order valence-corrected chi connectivity index (χ1v) is 14.2. The molecule has 0 aliphatic rings. The molecule has 0 aliphatic heterocycles. The summed E-state index contributed by atoms with van der Waals surface area (Å²) < 4.78 is 0. The molecule has 4 N–H and O–H groups in total. The fourth-order valence-electron chi connectivity index (χ4n) is 4.09. The molecular formula is C28H43N5O3S. The summed E-state index contributed by atoms with van der Waals surface area (Å²) in [6.07, 6.45) is 4.35. The van der Waals surface area contributed by atoms with Gasteiger partial charge in [-0.15, -0.1) is 11.3 Å². The van der Waals surface area contributed by atoms with Gasteiger partial charge in [0.25, 0.3) is 11.8 Å². The maximum Gasteiger partial charge on any atom is 0.253 e. The molecule has 0 fully saturated rings. The van der Waals surface area contributed by atoms with Crippen molar-refractivity contribution in [3.8, 4) is 0 Å². The number of hydrogen-bond acceptors (Lipinski definition) is 6. The topological polar surface area (TPSA) is 117 Å². The molecule has 3 atom stereocenters. The van der Waals surface area contributed by atoms with E-state index in [1.165, 1.54) is 11.3 Å². The number of rotatable bonds is 15. The molecule has 9 heteroatoms. The van der Waals surface area contributed by atoms with E-state index in [9.17, 15) is 14.4 Å². The molecule has 0 radical (unpaired) electrons. The molecule has 204 valence electrons. The third kappa shape index (κ3) is 9.89. The summed E-state index contributed by atoms with van der Waals surface area (Å²) in [5, 5.41) is 8.75. The first-order chi connectivity index (χ1) is 17.7. The Morgan fingerprint density at radius 1 is 1.08 bits per heavy atom. The average molecular weight is 530 g/mol. The smallest absolute Gasteiger partial charge is 0.253 e. The Labute approximate surface area is 225 Å². The molecule has 1 heterocycles. The number of nitrogens with zero attached hydrogens (tertiary/aromatic N) is 2. The number of carbonyl (C=O) groups is 3. The lowest BCUT2D eigenvalue weighted by Crippen LogP contribution is -2.50. The van der Waals surface area contributed by atoms with E-state index < -0.39 is 12.1 Å². The fraction of sp³-hybridized carbons (Fsp3) is 0.571. The van der Waals surface area contributed by atoms with Gasteiger partial charge < -0.3 is 21.3 Å². The Morgan fingerprint density at radius 2 is 1.76 bits per heavy atom. The molecule has 2 rings (SSSR count). The minimum absolute atomic E-state index is 0.0431. The van der Waals surface area contributed by atoms with Crippen LogP contribution in [0.1, 0.15) is 79.6 Å². The minimum Gasteiger partial charge on any atom is -0.356 e. The second kappa shape index (κ2) is 15.5. The predicted octanol–water partition coefficient (Wildman–Crippen LogP) is 3.87. The molecule has 1 aromatic carbocycles. The molecule has 0 aliphatic carbocycles. The Balaban J connectivity index is 2.16. The van der Waals surface area contributed by atoms with Gasteiger partial charge in [-0.1, -0.05) is 40.7 Å². The third-order valence-electron chi connectivity index (χ3n) is 6.12. The molecule has 0 unspecified atom stereocenters. The Bertz CT molecular complexity index is 989. The normalized spacial score (nSPS) is 13.6. The maximum atomic E-state index is 13.3. The van der Waals surface area contributed by atoms with Crippen LogP contribution in [0.5, 0.6) is 0 Å². The predicted molar refractivity (Wildman–Crippen MR) is 150 cm³/mol. The zero-order valence-corrected chi connectivity index (χ0v) is 23.6. The van der Waals surface area contributed by atoms with Gasteiger partial charge in [0.2, 0.25) is 5.91 Å². The first-order valence-electron chi connectivity index (χ1n) is 13.3. The molecule has 8 nitrogen and oxygen atoms in total. The van der Waals surface area contributed by atoms with Gasteiger partial charge in [-0.2, -0.15) is 0 Å². The summed E-state index contributed by atoms with van der Waals surface area (Å²) in [5.41, 5.74) is 7.45. The van der Waals surface area contributed by atoms with Crippen molar-refractivity contribution >= 4 is 29.1 Å². The molecule has 3 amide bonds. The van der Waals surface area contributed by atoms with Gasteiger partial charge in [0, 0.05) is 60.7 Å². The van der Waals surface area contributed by atoms with Crippen LogP contribution >= 0.6 is 11.3 Å². The average Bonchev–Trinajstić information content (AvgIpc) is 3.39. The monoisotopic (exact) mass is 529 g/mol. The highest BCUT2D eigenvalue weighted by Gasteiger charge is 2.26. The molecule has 37 heavy (non-hydrogen) atoms. The second-order valence-electron chi connectivity index (χ2n) is 10.0. The number of aromatic nitrogens is 1. The summed E-state index contributed by atoms with van der Waals surface area (Å²) in [5.74, 6) is -0.357. The summed E-state index contributed by atoms with van der Waals surface area (Å²) >= 11 is 1.50. The molecule has 0 bridgehead atoms. The van der Waals surface area contributed by atoms with Crippen LogP contribution in [-0.4, -0.2) is 59.3 Å². The van der Waals surface area contributed by atoms with Gasteiger partial charge in [-0.05, 0) is 43.4 Å². The minimum atomic E-state index is -0.456. The number of carbonyl (C=O) groups excluding carboxylic acids is 3. The largest absolute Gasteiger partial charge is 0.356 e. The zero-order valence-electron chi connectivity index (χ0n) is 22.8. The maximum absolute atomic E-state index is 13.3. The van der Waals surface area contributed by atoms with Crippen LogP contribution < -0.4 is 16.4 Å². The lowest BCUT2D eigenvalue weighted by molar-refractivity contribution is -0.125. The van der Waals surface area contributed by atoms with Gasteiger partial charge in [-0.25, -0.2) is 4.98 Å². The molecular weight excluding hydrogens is 486 g/mol. The highest BCUT2D eigenvalue weighted by atomic mass is 32.1. The zero-order chi connectivity index (χ0) is 27.4. The number of hydrogen-bond donors (Lipinski definition) is 3. The van der Waals surface area contributed by atoms with E-state index in [0.717, 1.165) is 17.8 Å². The van der Waals surface area contributed by atoms with Crippen molar-refractivity contribution in [3.63, 3.8) is 0 Å². The van der Waals surface area contributed by atoms with Crippen LogP contribution in [-0.2, 0) is 11.2 Å². The number of benzene rings is 1. The van der Waals surface area contributed by atoms with Crippen LogP contribution in [0.15, 0.2) is 35.8 Å². The lowest BCUT2D eigenvalue weighted by Gasteiger charge is -2.27. The van der Waals surface area contributed by atoms with Crippen molar-refractivity contribution in [3.05, 3.63) is 52.0 Å². The Morgan fingerprint density at radius 3 is 2.35 bits per heavy atom. The number of thiazole rings is 1. The van der Waals surface area contributed by atoms with Gasteiger partial charge in [-0.3, -0.25) is 14.4 Å². The van der Waals surface area contributed by atoms with Crippen molar-refractivity contribution in [2.75, 3.05) is 19.6 Å². The SMILES string of the molecule is CCCN(CCC)C(=O)c1cccc(C(=O)N[C@@H](Cc2nccs2)[C@@H](N)C[C@@H](C)C(=O)NCC(C)C)c1. The highest BCUT2D eigenvalue weighted by molar-refractivity contribution is 7.09. The van der Waals surface area contributed by atoms with Crippen LogP contribution in [0, 0.1) is 11.8 Å². The van der Waals surface area contributed by atoms with E-state index in [1.54, 1.807) is 30.5 Å². The quantitative estimate of drug-likeness (QED) is 0.324. The second-order valence-corrected chi connectivity index (χ2v) is 11.0. The van der Waals surface area contributed by atoms with Crippen LogP contribution in [0.2, 0.25) is 0 Å². The van der Waals surface area contributed by atoms with E-state index >= 15 is 0 Å². The van der Waals surface area contributed by atoms with E-state index in [0.29, 0.717) is 49.5 Å². The number of nitrogens with one attached hydrogen (secondary N) is 2. The Kier molecular flexibility index (Phi) is 12.7. The molecule has 0 saturated carbocycles. The van der Waals surface area contributed by atoms with Gasteiger partial charge in [0.1, 0.15) is 0 Å². The Hall–Kier alpha value is -2.78. The number of amides is 3. The van der Waals surface area contributed by atoms with Crippen molar-refractivity contribution in [2.45, 2.75) is 72.4 Å². The molecule has 2 aromatic rings. The van der Waals surface area contributed by atoms with Gasteiger partial charge in [0.05, 0.1) is 11.0 Å². The summed E-state index contributed by atoms with van der Waals surface area (Å²) in [7, 11) is 0. The number of nitrogens with two attached hydrogens (primary N) is 1. The molecule has 1 aromatic heterocycles. The van der Waals surface area contributed by atoms with Crippen molar-refractivity contribution in [1.82, 2.24) is 20.5 Å². The molecule has 0 saturated heterocycles. The van der Waals surface area contributed by atoms with E-state index in [4.69, 9.17) is 5.73 Å². The standard InChI is InChI=1S/C28H43N5O3S/c1-6-12-33(13-7-2)28(36)22-10-8-9-21(16-22)27(35)32-24(17-25-30-11-14-37-25)23(29)15-20(5)26(34)31-18-19(3)4/h8-11,14,16,19-20,23-24H,6-7,12-13,15,17-18,29H2,1-5H3,(H,31,34)(H,32,35)/t20-,23+,24+/m1/s1. The summed E-state index contributed by atoms with van der Waals surface area (Å²) in [6, 6.07) is 5.94. The summed E-state index contributed by atoms with van der Waals surface area (Å²) in [4.78, 5) is 45.0. The summed E-state index contributed by atoms with van der Waals surface area (Å²) in [6.45, 7) is 12.0. The molecule has 0 spiro atoms. The van der Waals surface area contributed by atoms with Crippen molar-refractivity contribution < 1.29 is 14.4 Å². The van der Waals surface area contributed by atoms with E-state index in [2.05, 4.69) is 15.6 Å². The van der Waals surface area contributed by atoms with Crippen LogP contribution in [0.3, 0.4) is 0 Å². The van der Waals surface area contributed by atoms with E-state index in [1.807, 2.05) is 44.9 Å². The highest BCUT2D eigenvalue weighted by Crippen LogP contribution is 2.16. The van der Waals surface area contributed by atoms with Crippen molar-refractivity contribution in [1.29, 1.82) is 0 Å². The van der Waals surface area contributed by atoms with Crippen LogP contribution in [0.4, 0.5) is 0 Å². The van der Waals surface area contributed by atoms with Gasteiger partial charge in [0.15, 0.2) is 0 Å². The van der Waals surface area contributed by atoms with Gasteiger partial charge >= 0.3 is 0 Å². The first kappa shape index (κ1) is 30.4. The lowest BCUT2D eigenvalue weighted by atomic mass is 9.94.